The second kappa shape index (κ2) is 24.5. The Morgan fingerprint density at radius 1 is 1.20 bits per heavy atom. The summed E-state index contributed by atoms with van der Waals surface area (Å²) >= 11 is 9.53. The van der Waals surface area contributed by atoms with Crippen LogP contribution in [0.15, 0.2) is 0 Å². The molecule has 0 aromatic carbocycles. The SMILES string of the molecule is ClCCl.OO. The second-order valence-corrected chi connectivity index (χ2v) is 0.909. The fraction of sp³-hybridized carbons (Fsp3) is 1.00. The predicted molar refractivity (Wildman–Crippen MR) is 21.8 cm³/mol. The highest BCUT2D eigenvalue weighted by Crippen LogP contribution is 1.73. The summed E-state index contributed by atoms with van der Waals surface area (Å²) in [5.41, 5.74) is 0. The van der Waals surface area contributed by atoms with E-state index in [0.29, 0.717) is 0 Å². The molecule has 0 heterocycles. The highest BCUT2D eigenvalue weighted by molar-refractivity contribution is 6.40. The first kappa shape index (κ1) is 9.09. The van der Waals surface area contributed by atoms with Crippen molar-refractivity contribution in [2.45, 2.75) is 0 Å². The summed E-state index contributed by atoms with van der Waals surface area (Å²) in [6.07, 6.45) is 0. The van der Waals surface area contributed by atoms with Crippen molar-refractivity contribution in [3.05, 3.63) is 0 Å². The summed E-state index contributed by atoms with van der Waals surface area (Å²) in [4.78, 5) is 0. The van der Waals surface area contributed by atoms with Crippen LogP contribution in [0.25, 0.3) is 0 Å². The fourth-order valence-electron chi connectivity index (χ4n) is 0. The summed E-state index contributed by atoms with van der Waals surface area (Å²) < 4.78 is 0. The standard InChI is InChI=1S/CH2Cl2.H2O2/c2-1-3;1-2/h1H2;1-2H. The van der Waals surface area contributed by atoms with Gasteiger partial charge in [0.25, 0.3) is 0 Å². The molecule has 0 radical (unpaired) electrons. The van der Waals surface area contributed by atoms with Crippen LogP contribution in [0.4, 0.5) is 0 Å². The van der Waals surface area contributed by atoms with Gasteiger partial charge in [-0.05, 0) is 0 Å². The van der Waals surface area contributed by atoms with Crippen LogP contribution in [0, 0.1) is 0 Å². The normalized spacial score (nSPS) is 4.80. The molecule has 0 aromatic heterocycles. The van der Waals surface area contributed by atoms with Crippen molar-refractivity contribution in [2.75, 3.05) is 5.34 Å². The van der Waals surface area contributed by atoms with E-state index in [1.807, 2.05) is 0 Å². The fourth-order valence-corrected chi connectivity index (χ4v) is 0. The van der Waals surface area contributed by atoms with Gasteiger partial charge in [0.15, 0.2) is 0 Å². The van der Waals surface area contributed by atoms with E-state index < -0.39 is 0 Å². The molecule has 5 heavy (non-hydrogen) atoms. The monoisotopic (exact) mass is 118 g/mol. The molecule has 0 spiro atoms. The van der Waals surface area contributed by atoms with Crippen molar-refractivity contribution in [1.29, 1.82) is 0 Å². The van der Waals surface area contributed by atoms with Crippen molar-refractivity contribution in [3.8, 4) is 0 Å². The zero-order valence-electron chi connectivity index (χ0n) is 2.36. The lowest BCUT2D eigenvalue weighted by Crippen LogP contribution is -1.29. The van der Waals surface area contributed by atoms with Gasteiger partial charge in [-0.2, -0.15) is 0 Å². The van der Waals surface area contributed by atoms with Gasteiger partial charge >= 0.3 is 0 Å². The average molecular weight is 119 g/mol. The first-order valence-electron chi connectivity index (χ1n) is 0.735. The molecule has 0 rings (SSSR count). The van der Waals surface area contributed by atoms with Crippen molar-refractivity contribution >= 4 is 23.2 Å². The van der Waals surface area contributed by atoms with Crippen LogP contribution in [0.1, 0.15) is 0 Å². The summed E-state index contributed by atoms with van der Waals surface area (Å²) in [5.74, 6) is 0. The van der Waals surface area contributed by atoms with Gasteiger partial charge in [-0.1, -0.05) is 0 Å². The number of hydrogen-bond acceptors (Lipinski definition) is 2. The zero-order valence-corrected chi connectivity index (χ0v) is 3.87. The second-order valence-electron chi connectivity index (χ2n) is 0.101. The molecule has 2 N–H and O–H groups in total. The maximum Gasteiger partial charge on any atom is 0.0967 e. The van der Waals surface area contributed by atoms with E-state index in [4.69, 9.17) is 33.7 Å². The van der Waals surface area contributed by atoms with Gasteiger partial charge in [-0.15, -0.1) is 23.2 Å². The lowest BCUT2D eigenvalue weighted by atomic mass is 11.9. The van der Waals surface area contributed by atoms with Gasteiger partial charge in [0.1, 0.15) is 0 Å². The molecule has 4 heteroatoms. The van der Waals surface area contributed by atoms with E-state index >= 15 is 0 Å². The molecule has 2 nitrogen and oxygen atoms in total. The quantitative estimate of drug-likeness (QED) is 0.287. The number of alkyl halides is 2. The van der Waals surface area contributed by atoms with E-state index in [-0.39, 0.29) is 5.34 Å². The minimum atomic E-state index is 0.194. The third-order valence-corrected chi connectivity index (χ3v) is 0. The third-order valence-electron chi connectivity index (χ3n) is 0. The van der Waals surface area contributed by atoms with E-state index in [0.717, 1.165) is 0 Å². The minimum Gasteiger partial charge on any atom is -0.255 e. The molecule has 0 aliphatic heterocycles. The van der Waals surface area contributed by atoms with Crippen LogP contribution in [0.2, 0.25) is 0 Å². The van der Waals surface area contributed by atoms with E-state index in [1.165, 1.54) is 0 Å². The van der Waals surface area contributed by atoms with Crippen molar-refractivity contribution < 1.29 is 10.5 Å². The van der Waals surface area contributed by atoms with Crippen LogP contribution in [0.5, 0.6) is 0 Å². The summed E-state index contributed by atoms with van der Waals surface area (Å²) in [6.45, 7) is 0. The molecular weight excluding hydrogens is 115 g/mol. The lowest BCUT2D eigenvalue weighted by Gasteiger charge is -1.42. The number of halogens is 2. The van der Waals surface area contributed by atoms with Crippen LogP contribution >= 0.6 is 23.2 Å². The van der Waals surface area contributed by atoms with Gasteiger partial charge in [0, 0.05) is 0 Å². The first-order chi connectivity index (χ1) is 2.41. The minimum absolute atomic E-state index is 0.194. The van der Waals surface area contributed by atoms with Gasteiger partial charge in [0.2, 0.25) is 0 Å². The molecule has 0 aliphatic carbocycles. The van der Waals surface area contributed by atoms with Gasteiger partial charge in [-0.3, -0.25) is 10.5 Å². The maximum absolute atomic E-state index is 6.00. The molecule has 34 valence electrons. The first-order valence-corrected chi connectivity index (χ1v) is 1.80. The average Bonchev–Trinajstić information content (AvgIpc) is 1.46. The van der Waals surface area contributed by atoms with E-state index in [9.17, 15) is 0 Å². The Hall–Kier alpha value is 0.500. The molecule has 0 fully saturated rings. The van der Waals surface area contributed by atoms with Crippen LogP contribution in [-0.4, -0.2) is 15.9 Å². The van der Waals surface area contributed by atoms with Crippen LogP contribution < -0.4 is 0 Å². The highest BCUT2D eigenvalue weighted by atomic mass is 35.5. The third kappa shape index (κ3) is 113. The summed E-state index contributed by atoms with van der Waals surface area (Å²) in [5, 5.41) is 12.2. The molecule has 0 aromatic rings. The molecule has 0 saturated heterocycles. The Morgan fingerprint density at radius 3 is 1.20 bits per heavy atom. The summed E-state index contributed by atoms with van der Waals surface area (Å²) in [7, 11) is 0. The molecule has 0 bridgehead atoms. The Morgan fingerprint density at radius 2 is 1.20 bits per heavy atom. The molecule has 0 saturated carbocycles. The Balaban J connectivity index is 0. The van der Waals surface area contributed by atoms with Crippen LogP contribution in [0.3, 0.4) is 0 Å². The van der Waals surface area contributed by atoms with Crippen molar-refractivity contribution in [3.63, 3.8) is 0 Å². The predicted octanol–water partition coefficient (Wildman–Crippen LogP) is 1.44. The van der Waals surface area contributed by atoms with Crippen LogP contribution in [-0.2, 0) is 0 Å². The Kier molecular flexibility index (Phi) is 44.5. The smallest absolute Gasteiger partial charge is 0.0967 e. The van der Waals surface area contributed by atoms with E-state index in [1.54, 1.807) is 0 Å². The Bertz CT molecular complexity index is 7.61. The van der Waals surface area contributed by atoms with Gasteiger partial charge in [-0.25, -0.2) is 0 Å². The lowest BCUT2D eigenvalue weighted by molar-refractivity contribution is -0.176. The molecule has 0 amide bonds. The van der Waals surface area contributed by atoms with E-state index in [2.05, 4.69) is 0 Å². The number of rotatable bonds is 0. The largest absolute Gasteiger partial charge is 0.255 e. The zero-order chi connectivity index (χ0) is 4.71. The van der Waals surface area contributed by atoms with Crippen molar-refractivity contribution in [2.24, 2.45) is 0 Å². The maximum atomic E-state index is 6.00. The topological polar surface area (TPSA) is 40.5 Å². The van der Waals surface area contributed by atoms with Crippen molar-refractivity contribution in [1.82, 2.24) is 0 Å². The Labute approximate surface area is 39.9 Å². The molecule has 0 aliphatic rings. The molecule has 0 atom stereocenters. The van der Waals surface area contributed by atoms with Gasteiger partial charge in [0.05, 0.1) is 5.34 Å². The number of hydrogen-bond donors (Lipinski definition) is 2. The summed E-state index contributed by atoms with van der Waals surface area (Å²) in [6, 6.07) is 0. The van der Waals surface area contributed by atoms with Gasteiger partial charge < -0.3 is 0 Å². The molecular formula is CH4Cl2O2. The molecule has 0 unspecified atom stereocenters. The highest BCUT2D eigenvalue weighted by Gasteiger charge is 1.41.